The Balaban J connectivity index is 0.00000341. The van der Waals surface area contributed by atoms with E-state index in [1.54, 1.807) is 6.07 Å². The van der Waals surface area contributed by atoms with Gasteiger partial charge in [0.25, 0.3) is 0 Å². The third-order valence-corrected chi connectivity index (χ3v) is 4.60. The number of aliphatic imine (C=N–C) groups is 1. The quantitative estimate of drug-likeness (QED) is 0.311. The molecule has 1 unspecified atom stereocenters. The fourth-order valence-electron chi connectivity index (χ4n) is 3.22. The average Bonchev–Trinajstić information content (AvgIpc) is 3.20. The van der Waals surface area contributed by atoms with Gasteiger partial charge in [-0.3, -0.25) is 0 Å². The molecule has 1 aliphatic rings. The van der Waals surface area contributed by atoms with Gasteiger partial charge in [0.1, 0.15) is 0 Å². The van der Waals surface area contributed by atoms with E-state index in [1.807, 2.05) is 25.1 Å². The Morgan fingerprint density at radius 2 is 2.03 bits per heavy atom. The molecule has 2 aromatic rings. The number of nitrogens with zero attached hydrogens (tertiary/aromatic N) is 3. The molecule has 2 N–H and O–H groups in total. The molecule has 6 nitrogen and oxygen atoms in total. The van der Waals surface area contributed by atoms with Crippen molar-refractivity contribution in [1.82, 2.24) is 15.6 Å². The first-order valence-electron chi connectivity index (χ1n) is 9.92. The largest absolute Gasteiger partial charge is 0.468 e. The molecule has 0 spiro atoms. The number of hydrogen-bond donors (Lipinski definition) is 2. The predicted octanol–water partition coefficient (Wildman–Crippen LogP) is 3.97. The predicted molar refractivity (Wildman–Crippen MR) is 126 cm³/mol. The van der Waals surface area contributed by atoms with Gasteiger partial charge in [0.2, 0.25) is 5.88 Å². The van der Waals surface area contributed by atoms with Crippen molar-refractivity contribution in [2.45, 2.75) is 32.1 Å². The van der Waals surface area contributed by atoms with E-state index in [0.29, 0.717) is 19.0 Å². The van der Waals surface area contributed by atoms with E-state index in [1.165, 1.54) is 18.0 Å². The molecule has 0 radical (unpaired) electrons. The fraction of sp³-hybridized carbons (Fsp3) is 0.429. The molecule has 1 aromatic heterocycles. The van der Waals surface area contributed by atoms with Crippen LogP contribution in [-0.2, 0) is 6.54 Å². The van der Waals surface area contributed by atoms with Crippen LogP contribution < -0.4 is 20.3 Å². The lowest BCUT2D eigenvalue weighted by Crippen LogP contribution is -2.44. The van der Waals surface area contributed by atoms with Crippen molar-refractivity contribution in [3.05, 3.63) is 54.2 Å². The molecule has 1 atom stereocenters. The second-order valence-electron chi connectivity index (χ2n) is 7.01. The van der Waals surface area contributed by atoms with Gasteiger partial charge < -0.3 is 20.3 Å². The zero-order valence-electron chi connectivity index (χ0n) is 17.2. The first kappa shape index (κ1) is 25.0. The average molecular weight is 549 g/mol. The number of halogens is 4. The lowest BCUT2D eigenvalue weighted by Gasteiger charge is -2.20. The molecular formula is C21H27F3IN5O. The summed E-state index contributed by atoms with van der Waals surface area (Å²) in [6.07, 6.45) is -1.98. The maximum atomic E-state index is 12.3. The van der Waals surface area contributed by atoms with Crippen molar-refractivity contribution in [2.75, 3.05) is 31.1 Å². The van der Waals surface area contributed by atoms with E-state index < -0.39 is 12.8 Å². The molecule has 2 heterocycles. The number of rotatable bonds is 7. The zero-order valence-corrected chi connectivity index (χ0v) is 19.6. The van der Waals surface area contributed by atoms with Crippen molar-refractivity contribution < 1.29 is 17.9 Å². The molecule has 1 saturated heterocycles. The Kier molecular flexibility index (Phi) is 9.66. The van der Waals surface area contributed by atoms with Gasteiger partial charge in [-0.25, -0.2) is 9.98 Å². The van der Waals surface area contributed by atoms with Crippen LogP contribution in [0.4, 0.5) is 18.9 Å². The van der Waals surface area contributed by atoms with Crippen molar-refractivity contribution in [3.63, 3.8) is 0 Å². The van der Waals surface area contributed by atoms with Gasteiger partial charge in [-0.15, -0.1) is 24.0 Å². The summed E-state index contributed by atoms with van der Waals surface area (Å²) in [6.45, 7) is 3.46. The third-order valence-electron chi connectivity index (χ3n) is 4.60. The van der Waals surface area contributed by atoms with Gasteiger partial charge >= 0.3 is 6.18 Å². The van der Waals surface area contributed by atoms with Gasteiger partial charge in [0, 0.05) is 43.6 Å². The molecule has 170 valence electrons. The van der Waals surface area contributed by atoms with Crippen molar-refractivity contribution in [2.24, 2.45) is 4.99 Å². The Hall–Kier alpha value is -2.24. The molecule has 0 aliphatic carbocycles. The van der Waals surface area contributed by atoms with Gasteiger partial charge in [0.15, 0.2) is 12.6 Å². The summed E-state index contributed by atoms with van der Waals surface area (Å²) in [5.41, 5.74) is 1.92. The number of pyridine rings is 1. The lowest BCUT2D eigenvalue weighted by atomic mass is 10.2. The van der Waals surface area contributed by atoms with Crippen LogP contribution >= 0.6 is 24.0 Å². The summed E-state index contributed by atoms with van der Waals surface area (Å²) in [5.74, 6) is 0.610. The number of ether oxygens (including phenoxy) is 1. The van der Waals surface area contributed by atoms with Gasteiger partial charge in [-0.05, 0) is 37.1 Å². The van der Waals surface area contributed by atoms with E-state index >= 15 is 0 Å². The van der Waals surface area contributed by atoms with Crippen molar-refractivity contribution in [3.8, 4) is 5.88 Å². The summed E-state index contributed by atoms with van der Waals surface area (Å²) in [6, 6.07) is 13.7. The fourth-order valence-corrected chi connectivity index (χ4v) is 3.22. The molecule has 0 bridgehead atoms. The minimum Gasteiger partial charge on any atom is -0.468 e. The van der Waals surface area contributed by atoms with E-state index in [2.05, 4.69) is 37.6 Å². The van der Waals surface area contributed by atoms with Crippen LogP contribution in [0, 0.1) is 0 Å². The summed E-state index contributed by atoms with van der Waals surface area (Å²) in [4.78, 5) is 10.7. The lowest BCUT2D eigenvalue weighted by molar-refractivity contribution is -0.154. The Morgan fingerprint density at radius 1 is 1.26 bits per heavy atom. The van der Waals surface area contributed by atoms with Crippen molar-refractivity contribution in [1.29, 1.82) is 0 Å². The second kappa shape index (κ2) is 12.0. The number of anilines is 1. The maximum Gasteiger partial charge on any atom is 0.422 e. The molecule has 1 aromatic carbocycles. The van der Waals surface area contributed by atoms with Crippen LogP contribution in [0.2, 0.25) is 0 Å². The van der Waals surface area contributed by atoms with Crippen LogP contribution in [-0.4, -0.2) is 49.4 Å². The molecule has 10 heteroatoms. The molecule has 31 heavy (non-hydrogen) atoms. The number of aromatic nitrogens is 1. The Morgan fingerprint density at radius 3 is 2.74 bits per heavy atom. The van der Waals surface area contributed by atoms with Crippen LogP contribution in [0.25, 0.3) is 0 Å². The molecule has 1 fully saturated rings. The molecule has 3 rings (SSSR count). The number of hydrogen-bond acceptors (Lipinski definition) is 4. The van der Waals surface area contributed by atoms with Gasteiger partial charge in [-0.2, -0.15) is 13.2 Å². The highest BCUT2D eigenvalue weighted by atomic mass is 127. The number of para-hydroxylation sites is 1. The second-order valence-corrected chi connectivity index (χ2v) is 7.01. The number of nitrogens with one attached hydrogen (secondary N) is 2. The van der Waals surface area contributed by atoms with E-state index in [-0.39, 0.29) is 35.9 Å². The molecule has 0 saturated carbocycles. The minimum atomic E-state index is -4.40. The SMILES string of the molecule is CCNC(=NCc1ccnc(OCC(F)(F)F)c1)NC1CCN(c2ccccc2)C1.I. The van der Waals surface area contributed by atoms with Crippen LogP contribution in [0.15, 0.2) is 53.7 Å². The van der Waals surface area contributed by atoms with E-state index in [9.17, 15) is 13.2 Å². The van der Waals surface area contributed by atoms with E-state index in [4.69, 9.17) is 4.74 Å². The van der Waals surface area contributed by atoms with Crippen LogP contribution in [0.1, 0.15) is 18.9 Å². The highest BCUT2D eigenvalue weighted by Gasteiger charge is 2.28. The standard InChI is InChI=1S/C21H26F3N5O.HI/c1-2-25-20(28-17-9-11-29(14-17)18-6-4-3-5-7-18)27-13-16-8-10-26-19(12-16)30-15-21(22,23)24;/h3-8,10,12,17H,2,9,11,13-15H2,1H3,(H2,25,27,28);1H. The molecule has 0 amide bonds. The number of alkyl halides is 3. The molecular weight excluding hydrogens is 522 g/mol. The summed E-state index contributed by atoms with van der Waals surface area (Å²) >= 11 is 0. The molecule has 1 aliphatic heterocycles. The highest BCUT2D eigenvalue weighted by Crippen LogP contribution is 2.20. The normalized spacial score (nSPS) is 16.6. The minimum absolute atomic E-state index is 0. The Bertz CT molecular complexity index is 835. The summed E-state index contributed by atoms with van der Waals surface area (Å²) < 4.78 is 41.7. The highest BCUT2D eigenvalue weighted by molar-refractivity contribution is 14.0. The topological polar surface area (TPSA) is 61.8 Å². The summed E-state index contributed by atoms with van der Waals surface area (Å²) in [5, 5.41) is 6.67. The Labute approximate surface area is 197 Å². The monoisotopic (exact) mass is 549 g/mol. The summed E-state index contributed by atoms with van der Waals surface area (Å²) in [7, 11) is 0. The first-order chi connectivity index (χ1) is 14.4. The van der Waals surface area contributed by atoms with Gasteiger partial charge in [0.05, 0.1) is 6.54 Å². The van der Waals surface area contributed by atoms with Crippen LogP contribution in [0.5, 0.6) is 5.88 Å². The first-order valence-corrected chi connectivity index (χ1v) is 9.92. The zero-order chi connectivity index (χ0) is 21.4. The number of benzene rings is 1. The smallest absolute Gasteiger partial charge is 0.422 e. The van der Waals surface area contributed by atoms with Crippen LogP contribution in [0.3, 0.4) is 0 Å². The third kappa shape index (κ3) is 8.42. The van der Waals surface area contributed by atoms with Gasteiger partial charge in [-0.1, -0.05) is 18.2 Å². The number of guanidine groups is 1. The van der Waals surface area contributed by atoms with Crippen molar-refractivity contribution >= 4 is 35.6 Å². The van der Waals surface area contributed by atoms with E-state index in [0.717, 1.165) is 25.1 Å². The maximum absolute atomic E-state index is 12.3.